The average molecular weight is 320 g/mol. The number of carbonyl (C=O) groups is 2. The molecule has 4 nitrogen and oxygen atoms in total. The van der Waals surface area contributed by atoms with Gasteiger partial charge in [-0.1, -0.05) is 54.6 Å². The van der Waals surface area contributed by atoms with Gasteiger partial charge in [-0.05, 0) is 29.2 Å². The highest BCUT2D eigenvalue weighted by Crippen LogP contribution is 2.18. The van der Waals surface area contributed by atoms with E-state index in [-0.39, 0.29) is 18.4 Å². The van der Waals surface area contributed by atoms with Gasteiger partial charge < -0.3 is 10.2 Å². The summed E-state index contributed by atoms with van der Waals surface area (Å²) in [6.45, 7) is 1.34. The molecule has 0 aromatic heterocycles. The van der Waals surface area contributed by atoms with Crippen molar-refractivity contribution >= 4 is 17.9 Å². The summed E-state index contributed by atoms with van der Waals surface area (Å²) in [5.41, 5.74) is 3.44. The van der Waals surface area contributed by atoms with Gasteiger partial charge in [-0.3, -0.25) is 9.59 Å². The summed E-state index contributed by atoms with van der Waals surface area (Å²) >= 11 is 0. The smallest absolute Gasteiger partial charge is 0.244 e. The van der Waals surface area contributed by atoms with E-state index >= 15 is 0 Å². The van der Waals surface area contributed by atoms with E-state index in [9.17, 15) is 9.59 Å². The molecular formula is C20H20N2O2. The second-order valence-corrected chi connectivity index (χ2v) is 5.80. The Labute approximate surface area is 141 Å². The van der Waals surface area contributed by atoms with Crippen LogP contribution in [0.5, 0.6) is 0 Å². The number of hydrogen-bond donors (Lipinski definition) is 1. The lowest BCUT2D eigenvalue weighted by atomic mass is 10.00. The van der Waals surface area contributed by atoms with E-state index in [0.29, 0.717) is 13.1 Å². The first-order valence-electron chi connectivity index (χ1n) is 8.08. The number of carbonyl (C=O) groups excluding carboxylic acids is 2. The zero-order valence-corrected chi connectivity index (χ0v) is 13.4. The monoisotopic (exact) mass is 320 g/mol. The van der Waals surface area contributed by atoms with Crippen molar-refractivity contribution in [3.8, 4) is 0 Å². The van der Waals surface area contributed by atoms with E-state index in [1.165, 1.54) is 17.2 Å². The third kappa shape index (κ3) is 4.10. The molecule has 3 rings (SSSR count). The van der Waals surface area contributed by atoms with Crippen LogP contribution in [0.4, 0.5) is 0 Å². The first-order valence-corrected chi connectivity index (χ1v) is 8.08. The number of benzene rings is 2. The van der Waals surface area contributed by atoms with Gasteiger partial charge in [-0.15, -0.1) is 0 Å². The number of nitrogens with one attached hydrogen (secondary N) is 1. The minimum atomic E-state index is -0.260. The maximum absolute atomic E-state index is 12.3. The molecule has 0 bridgehead atoms. The summed E-state index contributed by atoms with van der Waals surface area (Å²) in [5, 5.41) is 2.66. The highest BCUT2D eigenvalue weighted by Gasteiger charge is 2.20. The maximum Gasteiger partial charge on any atom is 0.244 e. The van der Waals surface area contributed by atoms with Crippen LogP contribution in [0.25, 0.3) is 6.08 Å². The largest absolute Gasteiger partial charge is 0.343 e. The first kappa shape index (κ1) is 16.0. The van der Waals surface area contributed by atoms with Gasteiger partial charge in [0.25, 0.3) is 0 Å². The van der Waals surface area contributed by atoms with Crippen LogP contribution in [0.3, 0.4) is 0 Å². The minimum absolute atomic E-state index is 0.0279. The molecular weight excluding hydrogens is 300 g/mol. The van der Waals surface area contributed by atoms with Gasteiger partial charge in [0.1, 0.15) is 0 Å². The first-order chi connectivity index (χ1) is 11.7. The highest BCUT2D eigenvalue weighted by molar-refractivity contribution is 5.94. The Hall–Kier alpha value is -2.88. The molecule has 24 heavy (non-hydrogen) atoms. The van der Waals surface area contributed by atoms with E-state index in [4.69, 9.17) is 0 Å². The van der Waals surface area contributed by atoms with Crippen molar-refractivity contribution in [2.45, 2.75) is 13.0 Å². The highest BCUT2D eigenvalue weighted by atomic mass is 16.2. The van der Waals surface area contributed by atoms with E-state index in [0.717, 1.165) is 12.0 Å². The fourth-order valence-electron chi connectivity index (χ4n) is 2.78. The topological polar surface area (TPSA) is 49.4 Å². The molecule has 1 N–H and O–H groups in total. The van der Waals surface area contributed by atoms with Crippen molar-refractivity contribution in [2.24, 2.45) is 0 Å². The van der Waals surface area contributed by atoms with Gasteiger partial charge in [0.05, 0.1) is 6.54 Å². The molecule has 0 saturated carbocycles. The Kier molecular flexibility index (Phi) is 5.06. The molecule has 2 aromatic rings. The molecule has 122 valence electrons. The molecule has 0 saturated heterocycles. The Morgan fingerprint density at radius 1 is 1.00 bits per heavy atom. The molecule has 0 atom stereocenters. The third-order valence-corrected chi connectivity index (χ3v) is 4.12. The molecule has 0 spiro atoms. The summed E-state index contributed by atoms with van der Waals surface area (Å²) in [4.78, 5) is 25.9. The van der Waals surface area contributed by atoms with Crippen LogP contribution in [-0.4, -0.2) is 29.8 Å². The van der Waals surface area contributed by atoms with Crippen molar-refractivity contribution in [1.29, 1.82) is 0 Å². The van der Waals surface area contributed by atoms with Crippen LogP contribution < -0.4 is 5.32 Å². The van der Waals surface area contributed by atoms with Crippen LogP contribution in [-0.2, 0) is 22.6 Å². The number of rotatable bonds is 4. The molecule has 1 aliphatic heterocycles. The third-order valence-electron chi connectivity index (χ3n) is 4.12. The van der Waals surface area contributed by atoms with Gasteiger partial charge in [-0.25, -0.2) is 0 Å². The molecule has 0 radical (unpaired) electrons. The van der Waals surface area contributed by atoms with Gasteiger partial charge in [0.15, 0.2) is 0 Å². The predicted octanol–water partition coefficient (Wildman–Crippen LogP) is 2.40. The van der Waals surface area contributed by atoms with Gasteiger partial charge in [-0.2, -0.15) is 0 Å². The molecule has 0 unspecified atom stereocenters. The van der Waals surface area contributed by atoms with Gasteiger partial charge >= 0.3 is 0 Å². The standard InChI is InChI=1S/C20H20N2O2/c23-19(11-10-16-6-2-1-3-7-16)21-14-20(24)22-13-12-17-8-4-5-9-18(17)15-22/h1-11H,12-15H2,(H,21,23). The zero-order chi connectivity index (χ0) is 16.8. The van der Waals surface area contributed by atoms with Crippen LogP contribution in [0.15, 0.2) is 60.7 Å². The lowest BCUT2D eigenvalue weighted by molar-refractivity contribution is -0.132. The zero-order valence-electron chi connectivity index (χ0n) is 13.4. The van der Waals surface area contributed by atoms with Crippen LogP contribution >= 0.6 is 0 Å². The molecule has 2 amide bonds. The summed E-state index contributed by atoms with van der Waals surface area (Å²) in [6.07, 6.45) is 4.05. The van der Waals surface area contributed by atoms with Crippen LogP contribution in [0.1, 0.15) is 16.7 Å². The molecule has 0 aliphatic carbocycles. The lowest BCUT2D eigenvalue weighted by Gasteiger charge is -2.28. The van der Waals surface area contributed by atoms with Crippen molar-refractivity contribution < 1.29 is 9.59 Å². The fraction of sp³-hybridized carbons (Fsp3) is 0.200. The SMILES string of the molecule is O=C(C=Cc1ccccc1)NCC(=O)N1CCc2ccccc2C1. The molecule has 1 heterocycles. The molecule has 4 heteroatoms. The lowest BCUT2D eigenvalue weighted by Crippen LogP contribution is -2.42. The quantitative estimate of drug-likeness (QED) is 0.880. The van der Waals surface area contributed by atoms with E-state index < -0.39 is 0 Å². The van der Waals surface area contributed by atoms with Gasteiger partial charge in [0.2, 0.25) is 11.8 Å². The number of fused-ring (bicyclic) bond motifs is 1. The summed E-state index contributed by atoms with van der Waals surface area (Å²) < 4.78 is 0. The summed E-state index contributed by atoms with van der Waals surface area (Å²) in [6, 6.07) is 17.7. The number of nitrogens with zero attached hydrogens (tertiary/aromatic N) is 1. The Morgan fingerprint density at radius 2 is 1.71 bits per heavy atom. The average Bonchev–Trinajstić information content (AvgIpc) is 2.65. The summed E-state index contributed by atoms with van der Waals surface area (Å²) in [5.74, 6) is -0.310. The minimum Gasteiger partial charge on any atom is -0.343 e. The normalized spacial score (nSPS) is 13.6. The second-order valence-electron chi connectivity index (χ2n) is 5.80. The van der Waals surface area contributed by atoms with Crippen molar-refractivity contribution in [1.82, 2.24) is 10.2 Å². The Bertz CT molecular complexity index is 753. The maximum atomic E-state index is 12.3. The number of hydrogen-bond acceptors (Lipinski definition) is 2. The summed E-state index contributed by atoms with van der Waals surface area (Å²) in [7, 11) is 0. The van der Waals surface area contributed by atoms with Crippen LogP contribution in [0, 0.1) is 0 Å². The second kappa shape index (κ2) is 7.59. The Balaban J connectivity index is 1.49. The number of amides is 2. The predicted molar refractivity (Wildman–Crippen MR) is 94.0 cm³/mol. The van der Waals surface area contributed by atoms with Crippen molar-refractivity contribution in [3.05, 3.63) is 77.4 Å². The van der Waals surface area contributed by atoms with Gasteiger partial charge in [0, 0.05) is 19.2 Å². The fourth-order valence-corrected chi connectivity index (χ4v) is 2.78. The molecule has 2 aromatic carbocycles. The molecule has 1 aliphatic rings. The van der Waals surface area contributed by atoms with Crippen molar-refractivity contribution in [3.63, 3.8) is 0 Å². The van der Waals surface area contributed by atoms with Crippen molar-refractivity contribution in [2.75, 3.05) is 13.1 Å². The van der Waals surface area contributed by atoms with E-state index in [1.54, 1.807) is 11.0 Å². The Morgan fingerprint density at radius 3 is 2.50 bits per heavy atom. The van der Waals surface area contributed by atoms with E-state index in [2.05, 4.69) is 17.4 Å². The molecule has 0 fully saturated rings. The van der Waals surface area contributed by atoms with E-state index in [1.807, 2.05) is 42.5 Å². The van der Waals surface area contributed by atoms with Crippen LogP contribution in [0.2, 0.25) is 0 Å².